The molecule has 0 aliphatic carbocycles. The van der Waals surface area contributed by atoms with Crippen LogP contribution in [-0.4, -0.2) is 58.1 Å². The Hall–Kier alpha value is -3.30. The molecule has 0 spiro atoms. The topological polar surface area (TPSA) is 142 Å². The van der Waals surface area contributed by atoms with E-state index in [0.717, 1.165) is 0 Å². The number of carbonyl (C=O) groups is 2. The smallest absolute Gasteiger partial charge is 0.408 e. The van der Waals surface area contributed by atoms with E-state index in [9.17, 15) is 24.6 Å². The number of methoxy groups -OCH3 is 1. The molecular formula is C14H15N3O7. The number of hydrogen-bond donors (Lipinski definition) is 3. The van der Waals surface area contributed by atoms with Crippen LogP contribution in [0.25, 0.3) is 0 Å². The molecule has 2 rings (SSSR count). The lowest BCUT2D eigenvalue weighted by Gasteiger charge is -2.32. The van der Waals surface area contributed by atoms with Gasteiger partial charge >= 0.3 is 12.1 Å². The van der Waals surface area contributed by atoms with Crippen molar-refractivity contribution in [2.24, 2.45) is 5.16 Å². The molecule has 1 aliphatic rings. The summed E-state index contributed by atoms with van der Waals surface area (Å²) in [5, 5.41) is 22.5. The van der Waals surface area contributed by atoms with Crippen LogP contribution < -0.4 is 10.3 Å². The molecule has 2 heterocycles. The summed E-state index contributed by atoms with van der Waals surface area (Å²) in [6.07, 6.45) is -0.0511. The molecule has 0 aromatic carbocycles. The first-order valence-corrected chi connectivity index (χ1v) is 6.74. The number of carboxylic acid groups (broad SMARTS) is 2. The van der Waals surface area contributed by atoms with E-state index in [1.807, 2.05) is 0 Å². The number of rotatable bonds is 5. The maximum absolute atomic E-state index is 12.3. The fourth-order valence-corrected chi connectivity index (χ4v) is 2.36. The number of oxime groups is 1. The maximum atomic E-state index is 12.3. The van der Waals surface area contributed by atoms with Gasteiger partial charge in [0.25, 0.3) is 5.56 Å². The predicted molar refractivity (Wildman–Crippen MR) is 81.4 cm³/mol. The van der Waals surface area contributed by atoms with Crippen LogP contribution in [0.3, 0.4) is 0 Å². The molecule has 128 valence electrons. The van der Waals surface area contributed by atoms with Crippen molar-refractivity contribution in [3.05, 3.63) is 40.2 Å². The normalized spacial score (nSPS) is 18.0. The molecule has 24 heavy (non-hydrogen) atoms. The molecule has 1 unspecified atom stereocenters. The zero-order valence-electron chi connectivity index (χ0n) is 12.7. The van der Waals surface area contributed by atoms with E-state index in [0.29, 0.717) is 4.90 Å². The van der Waals surface area contributed by atoms with E-state index in [2.05, 4.69) is 16.7 Å². The van der Waals surface area contributed by atoms with Crippen LogP contribution in [0.1, 0.15) is 17.2 Å². The Kier molecular flexibility index (Phi) is 4.87. The maximum Gasteiger partial charge on any atom is 0.408 e. The van der Waals surface area contributed by atoms with Crippen LogP contribution in [0.4, 0.5) is 4.79 Å². The molecule has 1 amide bonds. The molecule has 1 atom stereocenters. The Morgan fingerprint density at radius 3 is 2.79 bits per heavy atom. The van der Waals surface area contributed by atoms with Crippen molar-refractivity contribution >= 4 is 17.8 Å². The fourth-order valence-electron chi connectivity index (χ4n) is 2.36. The van der Waals surface area contributed by atoms with Gasteiger partial charge in [-0.2, -0.15) is 0 Å². The van der Waals surface area contributed by atoms with Gasteiger partial charge in [0, 0.05) is 11.6 Å². The SMILES string of the molecule is C=CCON=C1CN(C(=O)O)C(C(=O)O)c2cc(OC)[nH]c(=O)c21. The van der Waals surface area contributed by atoms with Crippen molar-refractivity contribution < 1.29 is 29.4 Å². The Bertz CT molecular complexity index is 768. The van der Waals surface area contributed by atoms with Gasteiger partial charge in [0.1, 0.15) is 12.3 Å². The van der Waals surface area contributed by atoms with Gasteiger partial charge < -0.3 is 19.8 Å². The quantitative estimate of drug-likeness (QED) is 0.401. The zero-order valence-corrected chi connectivity index (χ0v) is 12.7. The Morgan fingerprint density at radius 1 is 1.54 bits per heavy atom. The van der Waals surface area contributed by atoms with Gasteiger partial charge in [0.2, 0.25) is 0 Å². The summed E-state index contributed by atoms with van der Waals surface area (Å²) >= 11 is 0. The largest absolute Gasteiger partial charge is 0.482 e. The second-order valence-corrected chi connectivity index (χ2v) is 4.77. The molecule has 0 fully saturated rings. The Labute approximate surface area is 135 Å². The average Bonchev–Trinajstić information content (AvgIpc) is 2.53. The number of amides is 1. The van der Waals surface area contributed by atoms with Crippen LogP contribution in [0, 0.1) is 0 Å². The van der Waals surface area contributed by atoms with Crippen molar-refractivity contribution in [3.63, 3.8) is 0 Å². The van der Waals surface area contributed by atoms with Crippen LogP contribution in [-0.2, 0) is 9.63 Å². The van der Waals surface area contributed by atoms with E-state index in [1.165, 1.54) is 19.3 Å². The summed E-state index contributed by atoms with van der Waals surface area (Å²) in [6, 6.07) is -0.305. The van der Waals surface area contributed by atoms with Gasteiger partial charge in [-0.3, -0.25) is 14.7 Å². The van der Waals surface area contributed by atoms with Crippen molar-refractivity contribution in [1.29, 1.82) is 0 Å². The first-order chi connectivity index (χ1) is 11.4. The molecule has 0 saturated carbocycles. The summed E-state index contributed by atoms with van der Waals surface area (Å²) in [5.74, 6) is -1.42. The highest BCUT2D eigenvalue weighted by molar-refractivity contribution is 6.07. The van der Waals surface area contributed by atoms with E-state index >= 15 is 0 Å². The highest BCUT2D eigenvalue weighted by Crippen LogP contribution is 2.30. The number of fused-ring (bicyclic) bond motifs is 1. The van der Waals surface area contributed by atoms with Gasteiger partial charge in [0.05, 0.1) is 19.2 Å². The van der Waals surface area contributed by atoms with Crippen LogP contribution in [0.5, 0.6) is 5.88 Å². The third-order valence-corrected chi connectivity index (χ3v) is 3.32. The molecule has 1 aromatic rings. The number of hydrogen-bond acceptors (Lipinski definition) is 6. The third kappa shape index (κ3) is 3.07. The molecular weight excluding hydrogens is 322 g/mol. The Balaban J connectivity index is 2.69. The van der Waals surface area contributed by atoms with Gasteiger partial charge in [0.15, 0.2) is 11.9 Å². The second kappa shape index (κ2) is 6.86. The van der Waals surface area contributed by atoms with Crippen molar-refractivity contribution in [3.8, 4) is 5.88 Å². The number of aromatic amines is 1. The number of carboxylic acids is 1. The number of pyridine rings is 1. The number of nitrogens with zero attached hydrogens (tertiary/aromatic N) is 2. The first-order valence-electron chi connectivity index (χ1n) is 6.74. The fraction of sp³-hybridized carbons (Fsp3) is 0.286. The number of nitrogens with one attached hydrogen (secondary N) is 1. The lowest BCUT2D eigenvalue weighted by atomic mass is 9.93. The second-order valence-electron chi connectivity index (χ2n) is 4.77. The standard InChI is InChI=1S/C14H15N3O7/c1-3-4-24-16-8-6-17(14(21)22)11(13(19)20)7-5-9(23-2)15-12(18)10(7)8/h3,5,11H,1,4,6H2,2H3,(H,15,18)(H,19,20)(H,21,22). The molecule has 1 aliphatic heterocycles. The molecule has 0 radical (unpaired) electrons. The molecule has 1 aromatic heterocycles. The van der Waals surface area contributed by atoms with E-state index in [1.54, 1.807) is 0 Å². The summed E-state index contributed by atoms with van der Waals surface area (Å²) < 4.78 is 4.92. The molecule has 0 bridgehead atoms. The predicted octanol–water partition coefficient (Wildman–Crippen LogP) is 0.409. The summed E-state index contributed by atoms with van der Waals surface area (Å²) in [6.45, 7) is 3.08. The minimum absolute atomic E-state index is 0.00333. The third-order valence-electron chi connectivity index (χ3n) is 3.32. The Morgan fingerprint density at radius 2 is 2.25 bits per heavy atom. The monoisotopic (exact) mass is 337 g/mol. The summed E-state index contributed by atoms with van der Waals surface area (Å²) in [7, 11) is 1.29. The average molecular weight is 337 g/mol. The summed E-state index contributed by atoms with van der Waals surface area (Å²) in [4.78, 5) is 43.3. The van der Waals surface area contributed by atoms with E-state index < -0.39 is 30.2 Å². The van der Waals surface area contributed by atoms with Crippen LogP contribution >= 0.6 is 0 Å². The number of H-pyrrole nitrogens is 1. The van der Waals surface area contributed by atoms with Crippen LogP contribution in [0.15, 0.2) is 28.7 Å². The van der Waals surface area contributed by atoms with Crippen molar-refractivity contribution in [2.75, 3.05) is 20.3 Å². The van der Waals surface area contributed by atoms with Crippen LogP contribution in [0.2, 0.25) is 0 Å². The van der Waals surface area contributed by atoms with Gasteiger partial charge in [-0.25, -0.2) is 9.59 Å². The minimum atomic E-state index is -1.56. The highest BCUT2D eigenvalue weighted by Gasteiger charge is 2.41. The number of aromatic nitrogens is 1. The zero-order chi connectivity index (χ0) is 17.9. The number of aliphatic carboxylic acids is 1. The van der Waals surface area contributed by atoms with E-state index in [4.69, 9.17) is 9.57 Å². The highest BCUT2D eigenvalue weighted by atomic mass is 16.6. The first kappa shape index (κ1) is 17.1. The van der Waals surface area contributed by atoms with Gasteiger partial charge in [-0.05, 0) is 0 Å². The van der Waals surface area contributed by atoms with Gasteiger partial charge in [-0.1, -0.05) is 17.8 Å². The van der Waals surface area contributed by atoms with Crippen molar-refractivity contribution in [2.45, 2.75) is 6.04 Å². The number of ether oxygens (including phenoxy) is 1. The molecule has 3 N–H and O–H groups in total. The minimum Gasteiger partial charge on any atom is -0.482 e. The summed E-state index contributed by atoms with van der Waals surface area (Å²) in [5.41, 5.74) is -0.750. The lowest BCUT2D eigenvalue weighted by molar-refractivity contribution is -0.142. The lowest BCUT2D eigenvalue weighted by Crippen LogP contribution is -2.48. The van der Waals surface area contributed by atoms with E-state index in [-0.39, 0.29) is 29.3 Å². The van der Waals surface area contributed by atoms with Crippen molar-refractivity contribution in [1.82, 2.24) is 9.88 Å². The molecule has 10 heteroatoms. The molecule has 10 nitrogen and oxygen atoms in total. The van der Waals surface area contributed by atoms with Gasteiger partial charge in [-0.15, -0.1) is 0 Å². The molecule has 0 saturated heterocycles.